The molecule has 1 aromatic carbocycles. The van der Waals surface area contributed by atoms with Gasteiger partial charge in [-0.3, -0.25) is 14.3 Å². The average Bonchev–Trinajstić information content (AvgIpc) is 3.16. The summed E-state index contributed by atoms with van der Waals surface area (Å²) in [5, 5.41) is 13.3. The number of nitrogens with one attached hydrogen (secondary N) is 3. The van der Waals surface area contributed by atoms with Crippen molar-refractivity contribution in [2.75, 3.05) is 26.2 Å². The highest BCUT2D eigenvalue weighted by Crippen LogP contribution is 2.15. The second-order valence-electron chi connectivity index (χ2n) is 6.06. The highest BCUT2D eigenvalue weighted by atomic mass is 35.5. The van der Waals surface area contributed by atoms with E-state index in [9.17, 15) is 9.59 Å². The Kier molecular flexibility index (Phi) is 7.62. The van der Waals surface area contributed by atoms with Crippen molar-refractivity contribution in [3.05, 3.63) is 53.9 Å². The van der Waals surface area contributed by atoms with E-state index in [0.717, 1.165) is 25.9 Å². The fourth-order valence-corrected chi connectivity index (χ4v) is 2.86. The summed E-state index contributed by atoms with van der Waals surface area (Å²) in [6.07, 6.45) is 4.04. The standard InChI is InChI=1S/C18H23N5O2.ClH/c24-17(14-5-2-1-3-6-14)20-10-11-21-18(25)16-8-12-23(22-16)15-7-4-9-19-13-15;/h1-3,5-6,8,12,15,19H,4,7,9-11,13H2,(H,20,24)(H,21,25);1H. The van der Waals surface area contributed by atoms with Crippen LogP contribution in [0.4, 0.5) is 0 Å². The zero-order valence-corrected chi connectivity index (χ0v) is 15.3. The largest absolute Gasteiger partial charge is 0.350 e. The molecule has 0 spiro atoms. The molecule has 26 heavy (non-hydrogen) atoms. The lowest BCUT2D eigenvalue weighted by Gasteiger charge is -2.22. The van der Waals surface area contributed by atoms with E-state index in [2.05, 4.69) is 21.0 Å². The first kappa shape index (κ1) is 19.9. The van der Waals surface area contributed by atoms with Crippen LogP contribution in [0.1, 0.15) is 39.7 Å². The zero-order valence-electron chi connectivity index (χ0n) is 14.5. The molecular weight excluding hydrogens is 354 g/mol. The van der Waals surface area contributed by atoms with Gasteiger partial charge in [-0.25, -0.2) is 0 Å². The number of rotatable bonds is 6. The first-order valence-corrected chi connectivity index (χ1v) is 8.61. The zero-order chi connectivity index (χ0) is 17.5. The minimum absolute atomic E-state index is 0. The molecule has 1 saturated heterocycles. The van der Waals surface area contributed by atoms with Crippen molar-refractivity contribution < 1.29 is 9.59 Å². The van der Waals surface area contributed by atoms with E-state index in [0.29, 0.717) is 30.4 Å². The Labute approximate surface area is 159 Å². The molecular formula is C18H24ClN5O2. The Balaban J connectivity index is 0.00000243. The van der Waals surface area contributed by atoms with Gasteiger partial charge in [-0.15, -0.1) is 12.4 Å². The maximum atomic E-state index is 12.1. The number of halogens is 1. The van der Waals surface area contributed by atoms with E-state index in [1.165, 1.54) is 0 Å². The second kappa shape index (κ2) is 9.94. The number of nitrogens with zero attached hydrogens (tertiary/aromatic N) is 2. The van der Waals surface area contributed by atoms with Crippen LogP contribution < -0.4 is 16.0 Å². The molecule has 3 N–H and O–H groups in total. The summed E-state index contributed by atoms with van der Waals surface area (Å²) < 4.78 is 1.86. The lowest BCUT2D eigenvalue weighted by Crippen LogP contribution is -2.35. The topological polar surface area (TPSA) is 88.0 Å². The minimum atomic E-state index is -0.225. The summed E-state index contributed by atoms with van der Waals surface area (Å²) in [7, 11) is 0. The number of amides is 2. The molecule has 7 nitrogen and oxygen atoms in total. The molecule has 2 aromatic rings. The Morgan fingerprint density at radius 3 is 2.54 bits per heavy atom. The number of piperidine rings is 1. The van der Waals surface area contributed by atoms with Gasteiger partial charge in [-0.2, -0.15) is 5.10 Å². The molecule has 0 radical (unpaired) electrons. The Morgan fingerprint density at radius 2 is 1.85 bits per heavy atom. The van der Waals surface area contributed by atoms with Crippen LogP contribution in [0.3, 0.4) is 0 Å². The van der Waals surface area contributed by atoms with E-state index in [1.807, 2.05) is 29.1 Å². The van der Waals surface area contributed by atoms with Gasteiger partial charge in [0.1, 0.15) is 5.69 Å². The van der Waals surface area contributed by atoms with Crippen molar-refractivity contribution in [3.8, 4) is 0 Å². The van der Waals surface area contributed by atoms with Crippen molar-refractivity contribution in [1.82, 2.24) is 25.7 Å². The first-order chi connectivity index (χ1) is 12.2. The van der Waals surface area contributed by atoms with E-state index >= 15 is 0 Å². The third-order valence-corrected chi connectivity index (χ3v) is 4.22. The molecule has 140 valence electrons. The number of carbonyl (C=O) groups is 2. The lowest BCUT2D eigenvalue weighted by molar-refractivity contribution is 0.0924. The first-order valence-electron chi connectivity index (χ1n) is 8.61. The predicted molar refractivity (Wildman–Crippen MR) is 102 cm³/mol. The van der Waals surface area contributed by atoms with Gasteiger partial charge in [-0.05, 0) is 37.6 Å². The summed E-state index contributed by atoms with van der Waals surface area (Å²) in [6, 6.07) is 11.0. The fraction of sp³-hybridized carbons (Fsp3) is 0.389. The summed E-state index contributed by atoms with van der Waals surface area (Å²) in [6.45, 7) is 2.65. The Morgan fingerprint density at radius 1 is 1.12 bits per heavy atom. The summed E-state index contributed by atoms with van der Waals surface area (Å²) >= 11 is 0. The van der Waals surface area contributed by atoms with E-state index in [-0.39, 0.29) is 24.2 Å². The molecule has 2 heterocycles. The molecule has 1 fully saturated rings. The summed E-state index contributed by atoms with van der Waals surface area (Å²) in [5.74, 6) is -0.375. The van der Waals surface area contributed by atoms with Crippen LogP contribution in [0.25, 0.3) is 0 Å². The van der Waals surface area contributed by atoms with Crippen molar-refractivity contribution >= 4 is 24.2 Å². The van der Waals surface area contributed by atoms with Crippen molar-refractivity contribution in [3.63, 3.8) is 0 Å². The molecule has 0 aliphatic carbocycles. The molecule has 0 saturated carbocycles. The van der Waals surface area contributed by atoms with E-state index < -0.39 is 0 Å². The molecule has 1 aliphatic rings. The molecule has 2 amide bonds. The van der Waals surface area contributed by atoms with Crippen LogP contribution in [0.2, 0.25) is 0 Å². The van der Waals surface area contributed by atoms with Crippen LogP contribution in [0, 0.1) is 0 Å². The van der Waals surface area contributed by atoms with Crippen LogP contribution >= 0.6 is 12.4 Å². The molecule has 0 bridgehead atoms. The van der Waals surface area contributed by atoms with Crippen molar-refractivity contribution in [2.24, 2.45) is 0 Å². The van der Waals surface area contributed by atoms with E-state index in [1.54, 1.807) is 18.2 Å². The van der Waals surface area contributed by atoms with Crippen molar-refractivity contribution in [2.45, 2.75) is 18.9 Å². The van der Waals surface area contributed by atoms with Crippen molar-refractivity contribution in [1.29, 1.82) is 0 Å². The molecule has 1 unspecified atom stereocenters. The highest BCUT2D eigenvalue weighted by Gasteiger charge is 2.17. The fourth-order valence-electron chi connectivity index (χ4n) is 2.86. The van der Waals surface area contributed by atoms with Crippen LogP contribution in [0.15, 0.2) is 42.6 Å². The number of carbonyl (C=O) groups excluding carboxylic acids is 2. The van der Waals surface area contributed by atoms with Gasteiger partial charge >= 0.3 is 0 Å². The normalized spacial score (nSPS) is 16.4. The van der Waals surface area contributed by atoms with Crippen LogP contribution in [-0.4, -0.2) is 47.8 Å². The van der Waals surface area contributed by atoms with Crippen LogP contribution in [-0.2, 0) is 0 Å². The summed E-state index contributed by atoms with van der Waals surface area (Å²) in [4.78, 5) is 24.0. The van der Waals surface area contributed by atoms with Gasteiger partial charge in [0.25, 0.3) is 11.8 Å². The molecule has 8 heteroatoms. The van der Waals surface area contributed by atoms with Crippen LogP contribution in [0.5, 0.6) is 0 Å². The molecule has 1 aliphatic heterocycles. The quantitative estimate of drug-likeness (QED) is 0.664. The number of benzene rings is 1. The molecule has 1 aromatic heterocycles. The third-order valence-electron chi connectivity index (χ3n) is 4.22. The van der Waals surface area contributed by atoms with Gasteiger partial charge in [-0.1, -0.05) is 18.2 Å². The Bertz CT molecular complexity index is 713. The van der Waals surface area contributed by atoms with Gasteiger partial charge in [0.2, 0.25) is 0 Å². The molecule has 3 rings (SSSR count). The van der Waals surface area contributed by atoms with Gasteiger partial charge in [0.15, 0.2) is 0 Å². The van der Waals surface area contributed by atoms with Gasteiger partial charge < -0.3 is 16.0 Å². The SMILES string of the molecule is Cl.O=C(NCCNC(=O)c1ccn(C2CCCNC2)n1)c1ccccc1. The maximum absolute atomic E-state index is 12.1. The Hall–Kier alpha value is -2.38. The number of hydrogen-bond acceptors (Lipinski definition) is 4. The molecule has 1 atom stereocenters. The monoisotopic (exact) mass is 377 g/mol. The summed E-state index contributed by atoms with van der Waals surface area (Å²) in [5.41, 5.74) is 1.01. The number of hydrogen-bond donors (Lipinski definition) is 3. The average molecular weight is 378 g/mol. The lowest BCUT2D eigenvalue weighted by atomic mass is 10.1. The van der Waals surface area contributed by atoms with Gasteiger partial charge in [0.05, 0.1) is 6.04 Å². The second-order valence-corrected chi connectivity index (χ2v) is 6.06. The smallest absolute Gasteiger partial charge is 0.271 e. The van der Waals surface area contributed by atoms with Gasteiger partial charge in [0, 0.05) is 31.4 Å². The maximum Gasteiger partial charge on any atom is 0.271 e. The third kappa shape index (κ3) is 5.31. The minimum Gasteiger partial charge on any atom is -0.350 e. The highest BCUT2D eigenvalue weighted by molar-refractivity contribution is 5.94. The predicted octanol–water partition coefficient (Wildman–Crippen LogP) is 1.39. The number of aromatic nitrogens is 2. The van der Waals surface area contributed by atoms with E-state index in [4.69, 9.17) is 0 Å².